The lowest BCUT2D eigenvalue weighted by Gasteiger charge is -2.43. The van der Waals surface area contributed by atoms with Crippen LogP contribution in [0.1, 0.15) is 19.3 Å². The summed E-state index contributed by atoms with van der Waals surface area (Å²) >= 11 is 6.25. The van der Waals surface area contributed by atoms with Crippen molar-refractivity contribution in [1.29, 1.82) is 0 Å². The minimum atomic E-state index is -0.460. The molecule has 7 heteroatoms. The Balaban J connectivity index is 1.22. The van der Waals surface area contributed by atoms with Gasteiger partial charge in [0.2, 0.25) is 5.91 Å². The first-order valence-electron chi connectivity index (χ1n) is 12.2. The van der Waals surface area contributed by atoms with Crippen LogP contribution in [0.5, 0.6) is 0 Å². The molecule has 5 rings (SSSR count). The lowest BCUT2D eigenvalue weighted by Crippen LogP contribution is -2.56. The molecule has 5 nitrogen and oxygen atoms in total. The zero-order chi connectivity index (χ0) is 24.3. The first kappa shape index (κ1) is 23.6. The van der Waals surface area contributed by atoms with Gasteiger partial charge >= 0.3 is 0 Å². The van der Waals surface area contributed by atoms with E-state index in [1.807, 2.05) is 42.5 Å². The maximum absolute atomic E-state index is 13.5. The van der Waals surface area contributed by atoms with Crippen LogP contribution in [0.2, 0.25) is 5.02 Å². The van der Waals surface area contributed by atoms with Crippen LogP contribution in [-0.2, 0) is 4.79 Å². The summed E-state index contributed by atoms with van der Waals surface area (Å²) in [6.07, 6.45) is 2.55. The third-order valence-corrected chi connectivity index (χ3v) is 7.44. The van der Waals surface area contributed by atoms with Gasteiger partial charge in [-0.2, -0.15) is 0 Å². The molecular formula is C28H30ClFN4O. The Hall–Kier alpha value is -3.09. The average Bonchev–Trinajstić information content (AvgIpc) is 3.19. The number of carbonyl (C=O) groups is 1. The van der Waals surface area contributed by atoms with Gasteiger partial charge < -0.3 is 20.0 Å². The molecule has 1 amide bonds. The number of nitrogens with zero attached hydrogens (tertiary/aromatic N) is 3. The first-order chi connectivity index (χ1) is 17.0. The van der Waals surface area contributed by atoms with Crippen molar-refractivity contribution in [3.63, 3.8) is 0 Å². The minimum absolute atomic E-state index is 0.143. The highest BCUT2D eigenvalue weighted by Gasteiger charge is 2.50. The number of para-hydroxylation sites is 1. The zero-order valence-corrected chi connectivity index (χ0v) is 20.4. The van der Waals surface area contributed by atoms with Crippen LogP contribution in [0.25, 0.3) is 0 Å². The highest BCUT2D eigenvalue weighted by molar-refractivity contribution is 6.30. The number of carbonyl (C=O) groups excluding carboxylic acids is 1. The molecule has 0 radical (unpaired) electrons. The number of amides is 1. The second-order valence-corrected chi connectivity index (χ2v) is 9.70. The van der Waals surface area contributed by atoms with Gasteiger partial charge in [0.1, 0.15) is 11.4 Å². The van der Waals surface area contributed by atoms with Gasteiger partial charge in [-0.3, -0.25) is 4.79 Å². The molecule has 0 aromatic heterocycles. The number of hydrogen-bond donors (Lipinski definition) is 1. The number of piperidine rings is 1. The first-order valence-corrected chi connectivity index (χ1v) is 12.5. The third-order valence-electron chi connectivity index (χ3n) is 7.20. The van der Waals surface area contributed by atoms with Crippen molar-refractivity contribution in [2.24, 2.45) is 0 Å². The molecule has 0 aliphatic carbocycles. The summed E-state index contributed by atoms with van der Waals surface area (Å²) < 4.78 is 13.5. The molecule has 2 saturated heterocycles. The summed E-state index contributed by atoms with van der Waals surface area (Å²) in [5.74, 6) is -0.105. The number of likely N-dealkylation sites (tertiary alicyclic amines) is 1. The van der Waals surface area contributed by atoms with Crippen LogP contribution in [-0.4, -0.2) is 49.2 Å². The summed E-state index contributed by atoms with van der Waals surface area (Å²) in [5.41, 5.74) is 2.56. The standard InChI is InChI=1S/C28H30ClFN4O/c29-22-6-4-9-26(20-22)33(24-12-10-23(30)11-13-24)17-5-16-32-18-14-28(15-19-32)27(35)31-21-34(28)25-7-2-1-3-8-25/h1-4,6-13,20H,5,14-19,21H2,(H,31,35). The van der Waals surface area contributed by atoms with E-state index in [1.54, 1.807) is 12.1 Å². The van der Waals surface area contributed by atoms with Crippen LogP contribution in [0.3, 0.4) is 0 Å². The van der Waals surface area contributed by atoms with Crippen molar-refractivity contribution in [2.75, 3.05) is 42.6 Å². The molecule has 2 aliphatic heterocycles. The Morgan fingerprint density at radius 1 is 0.943 bits per heavy atom. The van der Waals surface area contributed by atoms with Crippen LogP contribution < -0.4 is 15.1 Å². The van der Waals surface area contributed by atoms with Gasteiger partial charge in [-0.25, -0.2) is 4.39 Å². The summed E-state index contributed by atoms with van der Waals surface area (Å²) in [6.45, 7) is 4.04. The molecule has 35 heavy (non-hydrogen) atoms. The Labute approximate surface area is 211 Å². The van der Waals surface area contributed by atoms with Crippen molar-refractivity contribution in [2.45, 2.75) is 24.8 Å². The fraction of sp³-hybridized carbons (Fsp3) is 0.321. The van der Waals surface area contributed by atoms with Gasteiger partial charge in [0.05, 0.1) is 6.67 Å². The monoisotopic (exact) mass is 492 g/mol. The summed E-state index contributed by atoms with van der Waals surface area (Å²) in [6, 6.07) is 24.5. The van der Waals surface area contributed by atoms with Crippen molar-refractivity contribution < 1.29 is 9.18 Å². The molecule has 0 saturated carbocycles. The molecule has 3 aromatic rings. The lowest BCUT2D eigenvalue weighted by atomic mass is 9.85. The van der Waals surface area contributed by atoms with E-state index in [9.17, 15) is 9.18 Å². The highest BCUT2D eigenvalue weighted by atomic mass is 35.5. The van der Waals surface area contributed by atoms with Gasteiger partial charge in [0, 0.05) is 41.7 Å². The van der Waals surface area contributed by atoms with E-state index in [0.29, 0.717) is 11.7 Å². The number of rotatable bonds is 7. The van der Waals surface area contributed by atoms with Crippen LogP contribution in [0.15, 0.2) is 78.9 Å². The molecule has 3 aromatic carbocycles. The Kier molecular flexibility index (Phi) is 6.93. The van der Waals surface area contributed by atoms with Crippen molar-refractivity contribution >= 4 is 34.6 Å². The van der Waals surface area contributed by atoms with Crippen LogP contribution in [0.4, 0.5) is 21.5 Å². The summed E-state index contributed by atoms with van der Waals surface area (Å²) in [5, 5.41) is 3.75. The van der Waals surface area contributed by atoms with Gasteiger partial charge in [-0.15, -0.1) is 0 Å². The molecule has 2 heterocycles. The van der Waals surface area contributed by atoms with E-state index in [1.165, 1.54) is 12.1 Å². The van der Waals surface area contributed by atoms with Gasteiger partial charge in [-0.1, -0.05) is 35.9 Å². The van der Waals surface area contributed by atoms with E-state index in [2.05, 4.69) is 32.1 Å². The zero-order valence-electron chi connectivity index (χ0n) is 19.7. The molecule has 0 atom stereocenters. The fourth-order valence-electron chi connectivity index (χ4n) is 5.30. The third kappa shape index (κ3) is 5.00. The molecule has 1 N–H and O–H groups in total. The van der Waals surface area contributed by atoms with Gasteiger partial charge in [-0.05, 0) is 80.4 Å². The highest BCUT2D eigenvalue weighted by Crippen LogP contribution is 2.36. The SMILES string of the molecule is O=C1NCN(c2ccccc2)C12CCN(CCCN(c1ccc(F)cc1)c1cccc(Cl)c1)CC2. The van der Waals surface area contributed by atoms with Crippen molar-refractivity contribution in [3.05, 3.63) is 89.7 Å². The van der Waals surface area contributed by atoms with E-state index >= 15 is 0 Å². The largest absolute Gasteiger partial charge is 0.341 e. The number of benzene rings is 3. The molecule has 1 spiro atoms. The maximum atomic E-state index is 13.5. The average molecular weight is 493 g/mol. The lowest BCUT2D eigenvalue weighted by molar-refractivity contribution is -0.125. The number of nitrogens with one attached hydrogen (secondary N) is 1. The smallest absolute Gasteiger partial charge is 0.247 e. The van der Waals surface area contributed by atoms with E-state index in [-0.39, 0.29) is 11.7 Å². The van der Waals surface area contributed by atoms with Crippen molar-refractivity contribution in [3.8, 4) is 0 Å². The predicted octanol–water partition coefficient (Wildman–Crippen LogP) is 5.44. The minimum Gasteiger partial charge on any atom is -0.341 e. The topological polar surface area (TPSA) is 38.8 Å². The fourth-order valence-corrected chi connectivity index (χ4v) is 5.49. The quantitative estimate of drug-likeness (QED) is 0.477. The predicted molar refractivity (Wildman–Crippen MR) is 140 cm³/mol. The van der Waals surface area contributed by atoms with Crippen LogP contribution >= 0.6 is 11.6 Å². The molecular weight excluding hydrogens is 463 g/mol. The molecule has 182 valence electrons. The Morgan fingerprint density at radius 2 is 1.69 bits per heavy atom. The van der Waals surface area contributed by atoms with E-state index in [0.717, 1.165) is 62.5 Å². The van der Waals surface area contributed by atoms with Gasteiger partial charge in [0.25, 0.3) is 0 Å². The summed E-state index contributed by atoms with van der Waals surface area (Å²) in [7, 11) is 0. The molecule has 2 fully saturated rings. The number of anilines is 3. The normalized spacial score (nSPS) is 17.5. The second kappa shape index (κ2) is 10.3. The summed E-state index contributed by atoms with van der Waals surface area (Å²) in [4.78, 5) is 19.8. The van der Waals surface area contributed by atoms with Crippen LogP contribution in [0, 0.1) is 5.82 Å². The van der Waals surface area contributed by atoms with Crippen molar-refractivity contribution in [1.82, 2.24) is 10.2 Å². The van der Waals surface area contributed by atoms with E-state index < -0.39 is 5.54 Å². The van der Waals surface area contributed by atoms with E-state index in [4.69, 9.17) is 11.6 Å². The Morgan fingerprint density at radius 3 is 2.40 bits per heavy atom. The van der Waals surface area contributed by atoms with Gasteiger partial charge in [0.15, 0.2) is 0 Å². The second-order valence-electron chi connectivity index (χ2n) is 9.26. The maximum Gasteiger partial charge on any atom is 0.247 e. The molecule has 0 bridgehead atoms. The number of halogens is 2. The molecule has 2 aliphatic rings. The Bertz CT molecular complexity index is 1150. The number of hydrogen-bond acceptors (Lipinski definition) is 4. The molecule has 0 unspecified atom stereocenters.